The number of esters is 1. The van der Waals surface area contributed by atoms with Gasteiger partial charge in [0.15, 0.2) is 0 Å². The molecule has 0 saturated heterocycles. The number of rotatable bonds is 4. The number of halogens is 2. The summed E-state index contributed by atoms with van der Waals surface area (Å²) in [4.78, 5) is 26.0. The van der Waals surface area contributed by atoms with Crippen LogP contribution in [0.1, 0.15) is 47.2 Å². The van der Waals surface area contributed by atoms with Crippen LogP contribution in [0.4, 0.5) is 10.1 Å². The van der Waals surface area contributed by atoms with Crippen LogP contribution in [0.25, 0.3) is 0 Å². The molecule has 1 saturated carbocycles. The topological polar surface area (TPSA) is 55.8 Å². The predicted molar refractivity (Wildman–Crippen MR) is 105 cm³/mol. The zero-order chi connectivity index (χ0) is 19.8. The average Bonchev–Trinajstić information content (AvgIpc) is 3.48. The lowest BCUT2D eigenvalue weighted by Gasteiger charge is -2.24. The Bertz CT molecular complexity index is 958. The Morgan fingerprint density at radius 3 is 2.82 bits per heavy atom. The first kappa shape index (κ1) is 18.9. The predicted octanol–water partition coefficient (Wildman–Crippen LogP) is 4.57. The highest BCUT2D eigenvalue weighted by atomic mass is 79.9. The first-order valence-electron chi connectivity index (χ1n) is 9.14. The first-order valence-corrected chi connectivity index (χ1v) is 9.93. The number of nitrogens with zero attached hydrogens (tertiary/aromatic N) is 1. The van der Waals surface area contributed by atoms with Crippen LogP contribution < -0.4 is 9.64 Å². The van der Waals surface area contributed by atoms with E-state index >= 15 is 0 Å². The van der Waals surface area contributed by atoms with Crippen LogP contribution in [0.5, 0.6) is 5.75 Å². The smallest absolute Gasteiger partial charge is 0.302 e. The molecule has 28 heavy (non-hydrogen) atoms. The van der Waals surface area contributed by atoms with E-state index in [-0.39, 0.29) is 25.7 Å². The van der Waals surface area contributed by atoms with Gasteiger partial charge in [-0.05, 0) is 48.6 Å². The van der Waals surface area contributed by atoms with Crippen LogP contribution >= 0.6 is 15.9 Å². The molecule has 0 aromatic heterocycles. The maximum Gasteiger partial charge on any atom is 0.302 e. The van der Waals surface area contributed by atoms with E-state index in [0.717, 1.165) is 12.8 Å². The Morgan fingerprint density at radius 1 is 1.32 bits per heavy atom. The van der Waals surface area contributed by atoms with Crippen molar-refractivity contribution in [3.63, 3.8) is 0 Å². The third-order valence-electron chi connectivity index (χ3n) is 4.95. The van der Waals surface area contributed by atoms with Crippen LogP contribution in [-0.4, -0.2) is 25.0 Å². The number of carbonyl (C=O) groups is 2. The lowest BCUT2D eigenvalue weighted by molar-refractivity contribution is -0.142. The summed E-state index contributed by atoms with van der Waals surface area (Å²) < 4.78 is 25.5. The summed E-state index contributed by atoms with van der Waals surface area (Å²) in [5, 5.41) is 0. The Labute approximate surface area is 170 Å². The van der Waals surface area contributed by atoms with Crippen molar-refractivity contribution in [2.45, 2.75) is 32.3 Å². The fourth-order valence-corrected chi connectivity index (χ4v) is 3.91. The fourth-order valence-electron chi connectivity index (χ4n) is 3.38. The molecule has 0 radical (unpaired) electrons. The molecule has 2 aliphatic rings. The summed E-state index contributed by atoms with van der Waals surface area (Å²) in [5.41, 5.74) is 2.52. The largest absolute Gasteiger partial charge is 0.491 e. The number of hydrogen-bond acceptors (Lipinski definition) is 4. The summed E-state index contributed by atoms with van der Waals surface area (Å²) in [6, 6.07) is 8.25. The zero-order valence-electron chi connectivity index (χ0n) is 15.3. The molecule has 0 unspecified atom stereocenters. The third-order valence-corrected chi connectivity index (χ3v) is 5.66. The molecule has 4 rings (SSSR count). The van der Waals surface area contributed by atoms with Gasteiger partial charge in [-0.15, -0.1) is 0 Å². The van der Waals surface area contributed by atoms with E-state index in [1.54, 1.807) is 6.07 Å². The molecule has 0 spiro atoms. The van der Waals surface area contributed by atoms with Crippen molar-refractivity contribution < 1.29 is 23.5 Å². The van der Waals surface area contributed by atoms with Gasteiger partial charge in [-0.1, -0.05) is 22.0 Å². The molecule has 0 N–H and O–H groups in total. The molecular weight excluding hydrogens is 429 g/mol. The molecule has 1 aliphatic heterocycles. The van der Waals surface area contributed by atoms with Crippen LogP contribution in [0.2, 0.25) is 0 Å². The van der Waals surface area contributed by atoms with E-state index in [2.05, 4.69) is 15.9 Å². The van der Waals surface area contributed by atoms with Crippen molar-refractivity contribution in [3.8, 4) is 5.75 Å². The van der Waals surface area contributed by atoms with Gasteiger partial charge in [0.2, 0.25) is 0 Å². The summed E-state index contributed by atoms with van der Waals surface area (Å²) in [6.45, 7) is 1.78. The molecule has 1 amide bonds. The Hall–Kier alpha value is -2.41. The van der Waals surface area contributed by atoms with E-state index < -0.39 is 11.8 Å². The van der Waals surface area contributed by atoms with E-state index in [1.165, 1.54) is 29.5 Å². The zero-order valence-corrected chi connectivity index (χ0v) is 16.9. The Kier molecular flexibility index (Phi) is 5.10. The Morgan fingerprint density at radius 2 is 2.11 bits per heavy atom. The standard InChI is InChI=1S/C21H19BrFNO4/c1-12(25)28-11-17-18(22)9-15(23)10-19(17)24-6-7-27-20-8-14(13-2-3-13)4-5-16(20)21(24)26/h4-5,8-10,13H,2-3,6-7,11H2,1H3. The van der Waals surface area contributed by atoms with E-state index in [0.29, 0.717) is 33.0 Å². The van der Waals surface area contributed by atoms with E-state index in [1.807, 2.05) is 12.1 Å². The molecule has 146 valence electrons. The number of benzene rings is 2. The van der Waals surface area contributed by atoms with Crippen LogP contribution in [0.3, 0.4) is 0 Å². The molecule has 2 aromatic carbocycles. The number of amides is 1. The van der Waals surface area contributed by atoms with Gasteiger partial charge in [0.1, 0.15) is 24.8 Å². The SMILES string of the molecule is CC(=O)OCc1c(Br)cc(F)cc1N1CCOc2cc(C3CC3)ccc2C1=O. The lowest BCUT2D eigenvalue weighted by Crippen LogP contribution is -2.33. The van der Waals surface area contributed by atoms with E-state index in [9.17, 15) is 14.0 Å². The van der Waals surface area contributed by atoms with Crippen molar-refractivity contribution in [1.29, 1.82) is 0 Å². The van der Waals surface area contributed by atoms with E-state index in [4.69, 9.17) is 9.47 Å². The van der Waals surface area contributed by atoms with Gasteiger partial charge in [-0.25, -0.2) is 4.39 Å². The molecule has 1 heterocycles. The molecule has 1 aliphatic carbocycles. The maximum atomic E-state index is 14.1. The highest BCUT2D eigenvalue weighted by molar-refractivity contribution is 9.10. The average molecular weight is 448 g/mol. The first-order chi connectivity index (χ1) is 13.4. The maximum absolute atomic E-state index is 14.1. The monoisotopic (exact) mass is 447 g/mol. The highest BCUT2D eigenvalue weighted by Crippen LogP contribution is 2.42. The van der Waals surface area contributed by atoms with Gasteiger partial charge in [0.25, 0.3) is 5.91 Å². The van der Waals surface area contributed by atoms with Crippen LogP contribution in [0, 0.1) is 5.82 Å². The third kappa shape index (κ3) is 3.76. The molecule has 1 fully saturated rings. The van der Waals surface area contributed by atoms with Gasteiger partial charge in [0, 0.05) is 17.0 Å². The normalized spacial score (nSPS) is 16.2. The summed E-state index contributed by atoms with van der Waals surface area (Å²) in [5.74, 6) is -0.0930. The minimum Gasteiger partial charge on any atom is -0.491 e. The second kappa shape index (κ2) is 7.54. The van der Waals surface area contributed by atoms with Gasteiger partial charge >= 0.3 is 5.97 Å². The minimum atomic E-state index is -0.490. The second-order valence-corrected chi connectivity index (χ2v) is 7.86. The van der Waals surface area contributed by atoms with Crippen LogP contribution in [-0.2, 0) is 16.1 Å². The number of carbonyl (C=O) groups excluding carboxylic acids is 2. The molecule has 5 nitrogen and oxygen atoms in total. The second-order valence-electron chi connectivity index (χ2n) is 7.00. The number of hydrogen-bond donors (Lipinski definition) is 0. The summed E-state index contributed by atoms with van der Waals surface area (Å²) in [7, 11) is 0. The van der Waals surface area contributed by atoms with Gasteiger partial charge in [-0.3, -0.25) is 9.59 Å². The number of ether oxygens (including phenoxy) is 2. The number of anilines is 1. The van der Waals surface area contributed by atoms with Crippen molar-refractivity contribution in [2.24, 2.45) is 0 Å². The van der Waals surface area contributed by atoms with Crippen molar-refractivity contribution in [2.75, 3.05) is 18.1 Å². The Balaban J connectivity index is 1.72. The molecule has 0 atom stereocenters. The molecule has 7 heteroatoms. The number of fused-ring (bicyclic) bond motifs is 1. The molecule has 0 bridgehead atoms. The quantitative estimate of drug-likeness (QED) is 0.644. The van der Waals surface area contributed by atoms with Crippen molar-refractivity contribution >= 4 is 33.5 Å². The summed E-state index contributed by atoms with van der Waals surface area (Å²) >= 11 is 3.32. The van der Waals surface area contributed by atoms with Crippen molar-refractivity contribution in [1.82, 2.24) is 0 Å². The van der Waals surface area contributed by atoms with Crippen molar-refractivity contribution in [3.05, 3.63) is 57.3 Å². The lowest BCUT2D eigenvalue weighted by atomic mass is 10.1. The highest BCUT2D eigenvalue weighted by Gasteiger charge is 2.30. The molecular formula is C21H19BrFNO4. The van der Waals surface area contributed by atoms with Gasteiger partial charge in [-0.2, -0.15) is 0 Å². The van der Waals surface area contributed by atoms with Crippen LogP contribution in [0.15, 0.2) is 34.8 Å². The van der Waals surface area contributed by atoms with Gasteiger partial charge in [0.05, 0.1) is 17.8 Å². The van der Waals surface area contributed by atoms with Gasteiger partial charge < -0.3 is 14.4 Å². The molecule has 2 aromatic rings. The fraction of sp³-hybridized carbons (Fsp3) is 0.333. The minimum absolute atomic E-state index is 0.0658. The summed E-state index contributed by atoms with van der Waals surface area (Å²) in [6.07, 6.45) is 2.32.